The molecule has 2 aromatic carbocycles. The number of H-pyrrole nitrogens is 1. The summed E-state index contributed by atoms with van der Waals surface area (Å²) in [5.41, 5.74) is 3.78. The van der Waals surface area contributed by atoms with Crippen LogP contribution >= 0.6 is 0 Å². The third kappa shape index (κ3) is 3.38. The lowest BCUT2D eigenvalue weighted by molar-refractivity contribution is -0.120. The number of carbonyl (C=O) groups excluding carboxylic acids is 2. The lowest BCUT2D eigenvalue weighted by Gasteiger charge is -2.24. The van der Waals surface area contributed by atoms with Crippen LogP contribution in [0.3, 0.4) is 0 Å². The number of nitrogens with zero attached hydrogens (tertiary/aromatic N) is 3. The number of fused-ring (bicyclic) bond motifs is 3. The molecule has 1 aliphatic heterocycles. The number of rotatable bonds is 3. The summed E-state index contributed by atoms with van der Waals surface area (Å²) < 4.78 is 6.51. The van der Waals surface area contributed by atoms with Crippen molar-refractivity contribution in [2.24, 2.45) is 0 Å². The monoisotopic (exact) mass is 414 g/mol. The van der Waals surface area contributed by atoms with Crippen LogP contribution in [-0.2, 0) is 22.4 Å². The van der Waals surface area contributed by atoms with Gasteiger partial charge in [0.2, 0.25) is 0 Å². The molecule has 0 radical (unpaired) electrons. The number of ether oxygens (including phenoxy) is 1. The van der Waals surface area contributed by atoms with Crippen LogP contribution < -0.4 is 10.6 Å². The third-order valence-electron chi connectivity index (χ3n) is 5.35. The predicted molar refractivity (Wildman–Crippen MR) is 114 cm³/mol. The highest BCUT2D eigenvalue weighted by atomic mass is 16.5. The van der Waals surface area contributed by atoms with E-state index in [1.807, 2.05) is 48.5 Å². The Balaban J connectivity index is 1.41. The van der Waals surface area contributed by atoms with Gasteiger partial charge >= 0.3 is 11.7 Å². The van der Waals surface area contributed by atoms with Gasteiger partial charge in [0.05, 0.1) is 16.9 Å². The number of amides is 1. The second kappa shape index (κ2) is 7.56. The second-order valence-corrected chi connectivity index (χ2v) is 7.24. The maximum absolute atomic E-state index is 13.2. The molecular weight excluding hydrogens is 396 g/mol. The predicted octanol–water partition coefficient (Wildman–Crippen LogP) is 2.64. The first kappa shape index (κ1) is 18.8. The van der Waals surface area contributed by atoms with Crippen molar-refractivity contribution in [3.8, 4) is 0 Å². The van der Waals surface area contributed by atoms with Gasteiger partial charge in [0.15, 0.2) is 12.3 Å². The first-order chi connectivity index (χ1) is 15.1. The molecule has 1 amide bonds. The Bertz CT molecular complexity index is 1320. The van der Waals surface area contributed by atoms with Gasteiger partial charge < -0.3 is 4.74 Å². The SMILES string of the molecule is O=C(OCC(=O)N1c2ccccc2CCc2ccccc21)c1ccc2n[nH]c(=O)n2c1. The molecule has 0 saturated carbocycles. The van der Waals surface area contributed by atoms with Crippen molar-refractivity contribution < 1.29 is 14.3 Å². The summed E-state index contributed by atoms with van der Waals surface area (Å²) in [5.74, 6) is -1.04. The summed E-state index contributed by atoms with van der Waals surface area (Å²) in [7, 11) is 0. The van der Waals surface area contributed by atoms with Crippen molar-refractivity contribution in [1.82, 2.24) is 14.6 Å². The van der Waals surface area contributed by atoms with Gasteiger partial charge in [0, 0.05) is 6.20 Å². The number of aromatic nitrogens is 3. The van der Waals surface area contributed by atoms with Crippen molar-refractivity contribution in [2.45, 2.75) is 12.8 Å². The van der Waals surface area contributed by atoms with Gasteiger partial charge in [-0.1, -0.05) is 36.4 Å². The zero-order valence-electron chi connectivity index (χ0n) is 16.4. The van der Waals surface area contributed by atoms with Crippen LogP contribution in [0.4, 0.5) is 11.4 Å². The Morgan fingerprint density at radius 3 is 2.26 bits per heavy atom. The van der Waals surface area contributed by atoms with Crippen LogP contribution in [0.2, 0.25) is 0 Å². The number of para-hydroxylation sites is 2. The summed E-state index contributed by atoms with van der Waals surface area (Å²) in [6, 6.07) is 18.5. The Labute approximate surface area is 176 Å². The van der Waals surface area contributed by atoms with E-state index in [9.17, 15) is 14.4 Å². The van der Waals surface area contributed by atoms with Crippen LogP contribution in [-0.4, -0.2) is 33.1 Å². The Morgan fingerprint density at radius 2 is 1.58 bits per heavy atom. The molecule has 4 aromatic rings. The van der Waals surface area contributed by atoms with Crippen molar-refractivity contribution in [3.63, 3.8) is 0 Å². The topological polar surface area (TPSA) is 96.8 Å². The number of hydrogen-bond acceptors (Lipinski definition) is 5. The largest absolute Gasteiger partial charge is 0.452 e. The van der Waals surface area contributed by atoms with Crippen LogP contribution in [0, 0.1) is 0 Å². The average molecular weight is 414 g/mol. The molecule has 0 saturated heterocycles. The van der Waals surface area contributed by atoms with Crippen molar-refractivity contribution in [1.29, 1.82) is 0 Å². The number of pyridine rings is 1. The number of esters is 1. The minimum absolute atomic E-state index is 0.153. The maximum Gasteiger partial charge on any atom is 0.347 e. The lowest BCUT2D eigenvalue weighted by atomic mass is 10.0. The fourth-order valence-electron chi connectivity index (χ4n) is 3.85. The van der Waals surface area contributed by atoms with Gasteiger partial charge in [-0.3, -0.25) is 9.69 Å². The molecule has 5 rings (SSSR count). The molecule has 0 atom stereocenters. The Hall–Kier alpha value is -4.20. The third-order valence-corrected chi connectivity index (χ3v) is 5.35. The zero-order chi connectivity index (χ0) is 21.4. The minimum Gasteiger partial charge on any atom is -0.452 e. The molecule has 154 valence electrons. The summed E-state index contributed by atoms with van der Waals surface area (Å²) in [4.78, 5) is 39.1. The fourth-order valence-corrected chi connectivity index (χ4v) is 3.85. The molecule has 0 bridgehead atoms. The minimum atomic E-state index is -0.695. The molecular formula is C23H18N4O4. The normalized spacial score (nSPS) is 12.7. The van der Waals surface area contributed by atoms with E-state index >= 15 is 0 Å². The van der Waals surface area contributed by atoms with E-state index in [2.05, 4.69) is 10.2 Å². The quantitative estimate of drug-likeness (QED) is 0.520. The standard InChI is InChI=1S/C23H18N4O4/c28-21(14-31-22(29)17-11-12-20-24-25-23(30)26(20)13-17)27-18-7-3-1-5-15(18)9-10-16-6-2-4-8-19(16)27/h1-8,11-13H,9-10,14H2,(H,25,30). The molecule has 8 nitrogen and oxygen atoms in total. The average Bonchev–Trinajstić information content (AvgIpc) is 3.08. The first-order valence-electron chi connectivity index (χ1n) is 9.84. The molecule has 3 heterocycles. The Kier molecular flexibility index (Phi) is 4.59. The van der Waals surface area contributed by atoms with Gasteiger partial charge in [0.1, 0.15) is 0 Å². The summed E-state index contributed by atoms with van der Waals surface area (Å²) >= 11 is 0. The summed E-state index contributed by atoms with van der Waals surface area (Å²) in [5, 5.41) is 6.12. The summed E-state index contributed by atoms with van der Waals surface area (Å²) in [6.45, 7) is -0.431. The second-order valence-electron chi connectivity index (χ2n) is 7.24. The molecule has 0 fully saturated rings. The van der Waals surface area contributed by atoms with E-state index in [0.717, 1.165) is 35.3 Å². The van der Waals surface area contributed by atoms with Crippen LogP contribution in [0.15, 0.2) is 71.7 Å². The molecule has 31 heavy (non-hydrogen) atoms. The lowest BCUT2D eigenvalue weighted by Crippen LogP contribution is -2.31. The van der Waals surface area contributed by atoms with E-state index in [4.69, 9.17) is 4.74 Å². The number of aromatic amines is 1. The number of carbonyl (C=O) groups is 2. The number of nitrogens with one attached hydrogen (secondary N) is 1. The number of hydrogen-bond donors (Lipinski definition) is 1. The Morgan fingerprint density at radius 1 is 0.935 bits per heavy atom. The van der Waals surface area contributed by atoms with Crippen LogP contribution in [0.25, 0.3) is 5.65 Å². The highest BCUT2D eigenvalue weighted by Crippen LogP contribution is 2.35. The van der Waals surface area contributed by atoms with E-state index < -0.39 is 18.3 Å². The number of benzene rings is 2. The summed E-state index contributed by atoms with van der Waals surface area (Å²) in [6.07, 6.45) is 2.97. The van der Waals surface area contributed by atoms with Gasteiger partial charge in [-0.05, 0) is 48.2 Å². The number of aryl methyl sites for hydroxylation is 2. The van der Waals surface area contributed by atoms with Crippen molar-refractivity contribution in [3.05, 3.63) is 94.0 Å². The van der Waals surface area contributed by atoms with Gasteiger partial charge in [-0.25, -0.2) is 19.1 Å². The van der Waals surface area contributed by atoms with E-state index in [1.54, 1.807) is 4.90 Å². The highest BCUT2D eigenvalue weighted by molar-refractivity contribution is 6.04. The van der Waals surface area contributed by atoms with Crippen LogP contribution in [0.1, 0.15) is 21.5 Å². The zero-order valence-corrected chi connectivity index (χ0v) is 16.4. The molecule has 1 N–H and O–H groups in total. The smallest absolute Gasteiger partial charge is 0.347 e. The number of anilines is 2. The van der Waals surface area contributed by atoms with Gasteiger partial charge in [-0.2, -0.15) is 5.10 Å². The van der Waals surface area contributed by atoms with E-state index in [0.29, 0.717) is 5.65 Å². The maximum atomic E-state index is 13.2. The molecule has 0 spiro atoms. The van der Waals surface area contributed by atoms with Crippen molar-refractivity contribution in [2.75, 3.05) is 11.5 Å². The molecule has 2 aromatic heterocycles. The molecule has 0 aliphatic carbocycles. The van der Waals surface area contributed by atoms with Gasteiger partial charge in [0.25, 0.3) is 5.91 Å². The van der Waals surface area contributed by atoms with E-state index in [-0.39, 0.29) is 11.5 Å². The fraction of sp³-hybridized carbons (Fsp3) is 0.130. The van der Waals surface area contributed by atoms with Crippen LogP contribution in [0.5, 0.6) is 0 Å². The molecule has 0 unspecified atom stereocenters. The highest BCUT2D eigenvalue weighted by Gasteiger charge is 2.26. The van der Waals surface area contributed by atoms with Gasteiger partial charge in [-0.15, -0.1) is 0 Å². The van der Waals surface area contributed by atoms with E-state index in [1.165, 1.54) is 22.7 Å². The molecule has 1 aliphatic rings. The first-order valence-corrected chi connectivity index (χ1v) is 9.84. The van der Waals surface area contributed by atoms with Crippen molar-refractivity contribution >= 4 is 28.9 Å². The molecule has 8 heteroatoms.